The van der Waals surface area contributed by atoms with Gasteiger partial charge in [-0.1, -0.05) is 36.8 Å². The molecule has 2 amide bonds. The molecule has 3 rings (SSSR count). The molecule has 7 nitrogen and oxygen atoms in total. The van der Waals surface area contributed by atoms with Crippen molar-refractivity contribution in [3.05, 3.63) is 54.1 Å². The van der Waals surface area contributed by atoms with E-state index in [0.29, 0.717) is 25.3 Å². The van der Waals surface area contributed by atoms with E-state index in [0.717, 1.165) is 33.9 Å². The fourth-order valence-electron chi connectivity index (χ4n) is 2.68. The van der Waals surface area contributed by atoms with Gasteiger partial charge in [-0.2, -0.15) is 0 Å². The second kappa shape index (κ2) is 11.2. The van der Waals surface area contributed by atoms with Gasteiger partial charge in [0.1, 0.15) is 5.75 Å². The third-order valence-electron chi connectivity index (χ3n) is 4.31. The summed E-state index contributed by atoms with van der Waals surface area (Å²) in [4.78, 5) is 28.6. The van der Waals surface area contributed by atoms with Crippen LogP contribution in [0.1, 0.15) is 30.1 Å². The van der Waals surface area contributed by atoms with Gasteiger partial charge in [-0.25, -0.2) is 4.98 Å². The molecule has 1 aromatic heterocycles. The van der Waals surface area contributed by atoms with Crippen LogP contribution in [-0.4, -0.2) is 43.0 Å². The Bertz CT molecular complexity index is 939. The summed E-state index contributed by atoms with van der Waals surface area (Å²) in [5, 5.41) is 9.41. The van der Waals surface area contributed by atoms with Crippen LogP contribution in [0.15, 0.2) is 48.5 Å². The first kappa shape index (κ1) is 21.6. The average molecular weight is 427 g/mol. The van der Waals surface area contributed by atoms with Crippen molar-refractivity contribution in [3.8, 4) is 5.75 Å². The lowest BCUT2D eigenvalue weighted by Crippen LogP contribution is -2.38. The molecule has 0 saturated carbocycles. The van der Waals surface area contributed by atoms with Crippen molar-refractivity contribution in [1.82, 2.24) is 15.6 Å². The van der Waals surface area contributed by atoms with Crippen LogP contribution in [0.2, 0.25) is 0 Å². The van der Waals surface area contributed by atoms with Gasteiger partial charge >= 0.3 is 0 Å². The molecule has 0 spiro atoms. The number of carbonyl (C=O) groups excluding carboxylic acids is 2. The molecule has 1 heterocycles. The number of para-hydroxylation sites is 1. The first-order chi connectivity index (χ1) is 14.7. The number of hydrogen-bond donors (Lipinski definition) is 3. The lowest BCUT2D eigenvalue weighted by Gasteiger charge is -2.08. The Kier molecular flexibility index (Phi) is 8.02. The maximum atomic E-state index is 12.2. The lowest BCUT2D eigenvalue weighted by molar-refractivity contribution is -0.120. The van der Waals surface area contributed by atoms with Crippen LogP contribution >= 0.6 is 11.3 Å². The van der Waals surface area contributed by atoms with Crippen molar-refractivity contribution in [2.45, 2.75) is 19.8 Å². The Hall–Kier alpha value is -3.13. The summed E-state index contributed by atoms with van der Waals surface area (Å²) in [6, 6.07) is 14.8. The van der Waals surface area contributed by atoms with E-state index >= 15 is 0 Å². The standard InChI is InChI=1S/C22H26N4O3S/c1-2-3-14-29-17-10-8-16(9-11-17)21(28)25-15-20(27)23-12-13-24-22-26-18-6-4-5-7-19(18)30-22/h4-11H,2-3,12-15H2,1H3,(H,23,27)(H,24,26)(H,25,28). The highest BCUT2D eigenvalue weighted by atomic mass is 32.1. The van der Waals surface area contributed by atoms with Gasteiger partial charge < -0.3 is 20.7 Å². The molecule has 3 N–H and O–H groups in total. The maximum Gasteiger partial charge on any atom is 0.251 e. The number of amides is 2. The molecule has 8 heteroatoms. The summed E-state index contributed by atoms with van der Waals surface area (Å²) >= 11 is 1.57. The highest BCUT2D eigenvalue weighted by molar-refractivity contribution is 7.22. The van der Waals surface area contributed by atoms with Crippen LogP contribution in [0.4, 0.5) is 5.13 Å². The van der Waals surface area contributed by atoms with Crippen molar-refractivity contribution in [3.63, 3.8) is 0 Å². The average Bonchev–Trinajstić information content (AvgIpc) is 3.18. The topological polar surface area (TPSA) is 92.3 Å². The minimum absolute atomic E-state index is 0.0747. The Balaban J connectivity index is 1.33. The zero-order valence-corrected chi connectivity index (χ0v) is 17.8. The zero-order valence-electron chi connectivity index (χ0n) is 16.9. The summed E-state index contributed by atoms with van der Waals surface area (Å²) in [5.41, 5.74) is 1.44. The number of ether oxygens (including phenoxy) is 1. The van der Waals surface area contributed by atoms with E-state index < -0.39 is 0 Å². The first-order valence-electron chi connectivity index (χ1n) is 10.0. The van der Waals surface area contributed by atoms with E-state index in [1.54, 1.807) is 35.6 Å². The molecule has 0 bridgehead atoms. The predicted octanol–water partition coefficient (Wildman–Crippen LogP) is 3.43. The monoisotopic (exact) mass is 426 g/mol. The number of fused-ring (bicyclic) bond motifs is 1. The van der Waals surface area contributed by atoms with Crippen LogP contribution < -0.4 is 20.7 Å². The number of aromatic nitrogens is 1. The Morgan fingerprint density at radius 2 is 1.83 bits per heavy atom. The van der Waals surface area contributed by atoms with E-state index in [4.69, 9.17) is 4.74 Å². The van der Waals surface area contributed by atoms with Gasteiger partial charge in [-0.15, -0.1) is 0 Å². The molecule has 30 heavy (non-hydrogen) atoms. The van der Waals surface area contributed by atoms with Gasteiger partial charge in [0.15, 0.2) is 5.13 Å². The molecule has 0 fully saturated rings. The number of hydrogen-bond acceptors (Lipinski definition) is 6. The molecule has 0 atom stereocenters. The van der Waals surface area contributed by atoms with E-state index in [-0.39, 0.29) is 18.4 Å². The van der Waals surface area contributed by atoms with Crippen molar-refractivity contribution < 1.29 is 14.3 Å². The van der Waals surface area contributed by atoms with Gasteiger partial charge in [0.25, 0.3) is 5.91 Å². The quantitative estimate of drug-likeness (QED) is 0.409. The molecule has 0 unspecified atom stereocenters. The van der Waals surface area contributed by atoms with Crippen LogP contribution in [0, 0.1) is 0 Å². The molecule has 0 saturated heterocycles. The molecule has 0 aliphatic rings. The number of rotatable bonds is 11. The molecular weight excluding hydrogens is 400 g/mol. The fraction of sp³-hybridized carbons (Fsp3) is 0.318. The van der Waals surface area contributed by atoms with E-state index in [2.05, 4.69) is 27.9 Å². The number of thiazole rings is 1. The van der Waals surface area contributed by atoms with Gasteiger partial charge in [-0.3, -0.25) is 9.59 Å². The highest BCUT2D eigenvalue weighted by Gasteiger charge is 2.08. The summed E-state index contributed by atoms with van der Waals surface area (Å²) < 4.78 is 6.70. The summed E-state index contributed by atoms with van der Waals surface area (Å²) in [5.74, 6) is 0.199. The minimum atomic E-state index is -0.294. The highest BCUT2D eigenvalue weighted by Crippen LogP contribution is 2.24. The molecular formula is C22H26N4O3S. The van der Waals surface area contributed by atoms with Crippen molar-refractivity contribution in [2.24, 2.45) is 0 Å². The summed E-state index contributed by atoms with van der Waals surface area (Å²) in [7, 11) is 0. The second-order valence-electron chi connectivity index (χ2n) is 6.67. The van der Waals surface area contributed by atoms with E-state index in [1.807, 2.05) is 24.3 Å². The lowest BCUT2D eigenvalue weighted by atomic mass is 10.2. The number of anilines is 1. The maximum absolute atomic E-state index is 12.2. The third kappa shape index (κ3) is 6.45. The Labute approximate surface area is 179 Å². The normalized spacial score (nSPS) is 10.6. The number of benzene rings is 2. The first-order valence-corrected chi connectivity index (χ1v) is 10.8. The molecule has 3 aromatic rings. The van der Waals surface area contributed by atoms with E-state index in [9.17, 15) is 9.59 Å². The fourth-order valence-corrected chi connectivity index (χ4v) is 3.57. The number of carbonyl (C=O) groups is 2. The second-order valence-corrected chi connectivity index (χ2v) is 7.70. The van der Waals surface area contributed by atoms with Gasteiger partial charge in [0.2, 0.25) is 5.91 Å². The number of nitrogens with one attached hydrogen (secondary N) is 3. The third-order valence-corrected chi connectivity index (χ3v) is 5.30. The van der Waals surface area contributed by atoms with Crippen molar-refractivity contribution in [2.75, 3.05) is 31.6 Å². The molecule has 0 aliphatic heterocycles. The number of unbranched alkanes of at least 4 members (excludes halogenated alkanes) is 1. The summed E-state index contributed by atoms with van der Waals surface area (Å²) in [6.45, 7) is 3.68. The Morgan fingerprint density at radius 3 is 2.60 bits per heavy atom. The Morgan fingerprint density at radius 1 is 1.03 bits per heavy atom. The van der Waals surface area contributed by atoms with Crippen molar-refractivity contribution >= 4 is 38.5 Å². The largest absolute Gasteiger partial charge is 0.494 e. The molecule has 2 aromatic carbocycles. The molecule has 0 radical (unpaired) electrons. The van der Waals surface area contributed by atoms with Crippen LogP contribution in [0.3, 0.4) is 0 Å². The summed E-state index contributed by atoms with van der Waals surface area (Å²) in [6.07, 6.45) is 2.06. The molecule has 0 aliphatic carbocycles. The number of nitrogens with zero attached hydrogens (tertiary/aromatic N) is 1. The minimum Gasteiger partial charge on any atom is -0.494 e. The SMILES string of the molecule is CCCCOc1ccc(C(=O)NCC(=O)NCCNc2nc3ccccc3s2)cc1. The van der Waals surface area contributed by atoms with Crippen LogP contribution in [0.5, 0.6) is 5.75 Å². The smallest absolute Gasteiger partial charge is 0.251 e. The van der Waals surface area contributed by atoms with Gasteiger partial charge in [-0.05, 0) is 42.8 Å². The zero-order chi connectivity index (χ0) is 21.2. The molecule has 158 valence electrons. The van der Waals surface area contributed by atoms with Gasteiger partial charge in [0, 0.05) is 18.7 Å². The van der Waals surface area contributed by atoms with Gasteiger partial charge in [0.05, 0.1) is 23.4 Å². The van der Waals surface area contributed by atoms with Crippen LogP contribution in [0.25, 0.3) is 10.2 Å². The van der Waals surface area contributed by atoms with Crippen molar-refractivity contribution in [1.29, 1.82) is 0 Å². The van der Waals surface area contributed by atoms with Crippen LogP contribution in [-0.2, 0) is 4.79 Å². The van der Waals surface area contributed by atoms with E-state index in [1.165, 1.54) is 0 Å². The predicted molar refractivity (Wildman–Crippen MR) is 120 cm³/mol.